The number of amides is 4. The van der Waals surface area contributed by atoms with E-state index in [-0.39, 0.29) is 17.9 Å². The zero-order chi connectivity index (χ0) is 24.4. The van der Waals surface area contributed by atoms with E-state index in [9.17, 15) is 18.8 Å². The molecule has 0 aromatic heterocycles. The Morgan fingerprint density at radius 3 is 2.32 bits per heavy atom. The van der Waals surface area contributed by atoms with Crippen LogP contribution in [0, 0.1) is 5.82 Å². The highest BCUT2D eigenvalue weighted by molar-refractivity contribution is 9.11. The maximum atomic E-state index is 13.3. The maximum absolute atomic E-state index is 13.3. The minimum atomic E-state index is -0.911. The van der Waals surface area contributed by atoms with Gasteiger partial charge < -0.3 is 4.74 Å². The number of imide groups is 2. The number of benzene rings is 3. The molecule has 0 bridgehead atoms. The van der Waals surface area contributed by atoms with Crippen molar-refractivity contribution < 1.29 is 23.5 Å². The molecule has 4 rings (SSSR count). The van der Waals surface area contributed by atoms with Crippen LogP contribution in [0.15, 0.2) is 75.2 Å². The van der Waals surface area contributed by atoms with Crippen LogP contribution in [0.2, 0.25) is 5.02 Å². The second kappa shape index (κ2) is 10.1. The van der Waals surface area contributed by atoms with E-state index in [2.05, 4.69) is 37.2 Å². The molecule has 0 aliphatic carbocycles. The van der Waals surface area contributed by atoms with Gasteiger partial charge in [-0.25, -0.2) is 14.1 Å². The summed E-state index contributed by atoms with van der Waals surface area (Å²) in [4.78, 5) is 38.4. The van der Waals surface area contributed by atoms with Crippen LogP contribution in [0.25, 0.3) is 6.08 Å². The molecule has 1 fully saturated rings. The van der Waals surface area contributed by atoms with Crippen molar-refractivity contribution in [2.45, 2.75) is 6.61 Å². The van der Waals surface area contributed by atoms with Gasteiger partial charge in [-0.15, -0.1) is 0 Å². The lowest BCUT2D eigenvalue weighted by Gasteiger charge is -2.26. The predicted molar refractivity (Wildman–Crippen MR) is 133 cm³/mol. The Labute approximate surface area is 215 Å². The summed E-state index contributed by atoms with van der Waals surface area (Å²) in [5.41, 5.74) is 1.26. The number of carbonyl (C=O) groups is 3. The molecule has 0 spiro atoms. The first-order valence-electron chi connectivity index (χ1n) is 9.76. The highest BCUT2D eigenvalue weighted by atomic mass is 79.9. The summed E-state index contributed by atoms with van der Waals surface area (Å²) in [6.45, 7) is 0.272. The van der Waals surface area contributed by atoms with Crippen molar-refractivity contribution in [2.24, 2.45) is 0 Å². The Bertz CT molecular complexity index is 1320. The van der Waals surface area contributed by atoms with Gasteiger partial charge in [0.15, 0.2) is 0 Å². The molecule has 172 valence electrons. The van der Waals surface area contributed by atoms with Gasteiger partial charge in [-0.05, 0) is 97.6 Å². The topological polar surface area (TPSA) is 75.7 Å². The Morgan fingerprint density at radius 1 is 1.00 bits per heavy atom. The summed E-state index contributed by atoms with van der Waals surface area (Å²) in [5.74, 6) is -1.66. The highest BCUT2D eigenvalue weighted by Gasteiger charge is 2.36. The zero-order valence-electron chi connectivity index (χ0n) is 17.2. The van der Waals surface area contributed by atoms with Crippen LogP contribution in [-0.4, -0.2) is 17.8 Å². The Kier molecular flexibility index (Phi) is 7.16. The van der Waals surface area contributed by atoms with Crippen LogP contribution < -0.4 is 15.0 Å². The van der Waals surface area contributed by atoms with Gasteiger partial charge in [0.1, 0.15) is 23.7 Å². The van der Waals surface area contributed by atoms with Crippen molar-refractivity contribution in [1.82, 2.24) is 5.32 Å². The minimum Gasteiger partial charge on any atom is -0.487 e. The molecule has 34 heavy (non-hydrogen) atoms. The smallest absolute Gasteiger partial charge is 0.335 e. The van der Waals surface area contributed by atoms with E-state index < -0.39 is 23.7 Å². The number of hydrogen-bond donors (Lipinski definition) is 1. The number of anilines is 1. The summed E-state index contributed by atoms with van der Waals surface area (Å²) in [6, 6.07) is 14.5. The third-order valence-corrected chi connectivity index (χ3v) is 6.20. The fraction of sp³-hybridized carbons (Fsp3) is 0.0417. The third-order valence-electron chi connectivity index (χ3n) is 4.79. The number of urea groups is 1. The molecule has 1 saturated heterocycles. The summed E-state index contributed by atoms with van der Waals surface area (Å²) in [6.07, 6.45) is 1.36. The van der Waals surface area contributed by atoms with Crippen LogP contribution >= 0.6 is 43.5 Å². The maximum Gasteiger partial charge on any atom is 0.335 e. The Morgan fingerprint density at radius 2 is 1.68 bits per heavy atom. The minimum absolute atomic E-state index is 0.134. The first kappa shape index (κ1) is 24.1. The molecular weight excluding hydrogens is 595 g/mol. The van der Waals surface area contributed by atoms with Gasteiger partial charge in [-0.1, -0.05) is 23.7 Å². The monoisotopic (exact) mass is 606 g/mol. The van der Waals surface area contributed by atoms with Gasteiger partial charge in [-0.2, -0.15) is 0 Å². The molecule has 1 aliphatic heterocycles. The lowest BCUT2D eigenvalue weighted by Crippen LogP contribution is -2.54. The lowest BCUT2D eigenvalue weighted by molar-refractivity contribution is -0.122. The lowest BCUT2D eigenvalue weighted by atomic mass is 10.1. The second-order valence-corrected chi connectivity index (χ2v) is 9.31. The average Bonchev–Trinajstić information content (AvgIpc) is 2.77. The number of barbiturate groups is 1. The highest BCUT2D eigenvalue weighted by Crippen LogP contribution is 2.36. The average molecular weight is 609 g/mol. The van der Waals surface area contributed by atoms with Gasteiger partial charge in [0.2, 0.25) is 0 Å². The van der Waals surface area contributed by atoms with E-state index in [0.29, 0.717) is 25.3 Å². The fourth-order valence-corrected chi connectivity index (χ4v) is 4.90. The molecule has 3 aromatic carbocycles. The summed E-state index contributed by atoms with van der Waals surface area (Å²) >= 11 is 12.9. The summed E-state index contributed by atoms with van der Waals surface area (Å²) in [7, 11) is 0. The molecule has 0 atom stereocenters. The van der Waals surface area contributed by atoms with E-state index in [1.807, 2.05) is 12.1 Å². The molecule has 4 amide bonds. The number of nitrogens with zero attached hydrogens (tertiary/aromatic N) is 1. The molecule has 10 heteroatoms. The van der Waals surface area contributed by atoms with E-state index >= 15 is 0 Å². The van der Waals surface area contributed by atoms with Crippen LogP contribution in [0.5, 0.6) is 5.75 Å². The molecule has 0 saturated carbocycles. The molecular formula is C24H14Br2ClFN2O4. The van der Waals surface area contributed by atoms with Gasteiger partial charge in [0.05, 0.1) is 14.6 Å². The van der Waals surface area contributed by atoms with Gasteiger partial charge in [-0.3, -0.25) is 14.9 Å². The molecule has 6 nitrogen and oxygen atoms in total. The van der Waals surface area contributed by atoms with Crippen molar-refractivity contribution in [2.75, 3.05) is 4.90 Å². The molecule has 0 radical (unpaired) electrons. The quantitative estimate of drug-likeness (QED) is 0.275. The van der Waals surface area contributed by atoms with Gasteiger partial charge in [0, 0.05) is 5.02 Å². The second-order valence-electron chi connectivity index (χ2n) is 7.17. The number of hydrogen-bond acceptors (Lipinski definition) is 4. The van der Waals surface area contributed by atoms with E-state index in [1.165, 1.54) is 18.2 Å². The van der Waals surface area contributed by atoms with Gasteiger partial charge >= 0.3 is 6.03 Å². The summed E-state index contributed by atoms with van der Waals surface area (Å²) < 4.78 is 20.3. The Balaban J connectivity index is 1.60. The normalized spacial score (nSPS) is 15.0. The van der Waals surface area contributed by atoms with Crippen molar-refractivity contribution in [3.8, 4) is 5.75 Å². The molecule has 0 unspecified atom stereocenters. The van der Waals surface area contributed by atoms with Crippen LogP contribution in [0.4, 0.5) is 14.9 Å². The van der Waals surface area contributed by atoms with Crippen molar-refractivity contribution in [3.63, 3.8) is 0 Å². The first-order chi connectivity index (χ1) is 16.2. The molecule has 3 aromatic rings. The SMILES string of the molecule is O=C1NC(=O)N(c2ccc(F)cc2)C(=O)/C1=C/c1cc(Br)c(OCc2cccc(Cl)c2)c(Br)c1. The summed E-state index contributed by atoms with van der Waals surface area (Å²) in [5, 5.41) is 2.73. The number of nitrogens with one attached hydrogen (secondary N) is 1. The Hall–Kier alpha value is -3.01. The van der Waals surface area contributed by atoms with E-state index in [1.54, 1.807) is 24.3 Å². The van der Waals surface area contributed by atoms with Crippen molar-refractivity contribution in [1.29, 1.82) is 0 Å². The predicted octanol–water partition coefficient (Wildman–Crippen LogP) is 6.25. The number of rotatable bonds is 5. The number of ether oxygens (including phenoxy) is 1. The van der Waals surface area contributed by atoms with Gasteiger partial charge in [0.25, 0.3) is 11.8 Å². The zero-order valence-corrected chi connectivity index (χ0v) is 21.1. The van der Waals surface area contributed by atoms with E-state index in [4.69, 9.17) is 16.3 Å². The van der Waals surface area contributed by atoms with Crippen molar-refractivity contribution >= 4 is 73.1 Å². The number of carbonyl (C=O) groups excluding carboxylic acids is 3. The van der Waals surface area contributed by atoms with Crippen molar-refractivity contribution in [3.05, 3.63) is 97.1 Å². The standard InChI is InChI=1S/C24H14Br2ClFN2O4/c25-19-10-14(11-20(26)21(19)34-12-13-2-1-3-15(27)8-13)9-18-22(31)29-24(33)30(23(18)32)17-6-4-16(28)5-7-17/h1-11H,12H2,(H,29,31,33)/b18-9+. The third kappa shape index (κ3) is 5.22. The van der Waals surface area contributed by atoms with E-state index in [0.717, 1.165) is 22.6 Å². The van der Waals surface area contributed by atoms with Crippen LogP contribution in [-0.2, 0) is 16.2 Å². The molecule has 1 N–H and O–H groups in total. The molecule has 1 heterocycles. The first-order valence-corrected chi connectivity index (χ1v) is 11.7. The largest absolute Gasteiger partial charge is 0.487 e. The van der Waals surface area contributed by atoms with Crippen LogP contribution in [0.3, 0.4) is 0 Å². The van der Waals surface area contributed by atoms with Crippen LogP contribution in [0.1, 0.15) is 11.1 Å². The fourth-order valence-electron chi connectivity index (χ4n) is 3.23. The number of halogens is 4. The molecule has 1 aliphatic rings.